The Morgan fingerprint density at radius 1 is 1.14 bits per heavy atom. The van der Waals surface area contributed by atoms with Gasteiger partial charge >= 0.3 is 0 Å². The van der Waals surface area contributed by atoms with Crippen LogP contribution in [0.2, 0.25) is 5.28 Å². The van der Waals surface area contributed by atoms with E-state index in [-0.39, 0.29) is 5.28 Å². The Bertz CT molecular complexity index is 443. The normalized spacial score (nSPS) is 10.5. The van der Waals surface area contributed by atoms with E-state index in [4.69, 9.17) is 11.6 Å². The largest absolute Gasteiger partial charge is 0.247 e. The van der Waals surface area contributed by atoms with Crippen molar-refractivity contribution in [2.75, 3.05) is 0 Å². The number of aromatic nitrogens is 4. The molecule has 0 amide bonds. The zero-order valence-corrected chi connectivity index (χ0v) is 8.65. The van der Waals surface area contributed by atoms with Crippen molar-refractivity contribution in [3.05, 3.63) is 34.6 Å². The SMILES string of the molecule is Cc1cc(C)cc(-n2nnnc2Cl)c1. The zero-order valence-electron chi connectivity index (χ0n) is 7.90. The number of hydrogen-bond acceptors (Lipinski definition) is 3. The van der Waals surface area contributed by atoms with Crippen molar-refractivity contribution in [3.63, 3.8) is 0 Å². The lowest BCUT2D eigenvalue weighted by Crippen LogP contribution is -1.98. The first-order valence-corrected chi connectivity index (χ1v) is 4.57. The molecule has 4 nitrogen and oxygen atoms in total. The Morgan fingerprint density at radius 3 is 2.29 bits per heavy atom. The van der Waals surface area contributed by atoms with Crippen molar-refractivity contribution in [1.29, 1.82) is 0 Å². The van der Waals surface area contributed by atoms with Crippen molar-refractivity contribution in [2.24, 2.45) is 0 Å². The maximum Gasteiger partial charge on any atom is 0.247 e. The van der Waals surface area contributed by atoms with Crippen LogP contribution >= 0.6 is 11.6 Å². The quantitative estimate of drug-likeness (QED) is 0.719. The van der Waals surface area contributed by atoms with Crippen LogP contribution in [0.5, 0.6) is 0 Å². The number of aryl methyl sites for hydroxylation is 2. The van der Waals surface area contributed by atoms with Crippen molar-refractivity contribution in [1.82, 2.24) is 20.2 Å². The summed E-state index contributed by atoms with van der Waals surface area (Å²) >= 11 is 5.81. The van der Waals surface area contributed by atoms with Gasteiger partial charge in [-0.3, -0.25) is 0 Å². The Balaban J connectivity index is 2.57. The van der Waals surface area contributed by atoms with Gasteiger partial charge < -0.3 is 0 Å². The molecule has 0 bridgehead atoms. The second-order valence-electron chi connectivity index (χ2n) is 3.21. The van der Waals surface area contributed by atoms with Crippen LogP contribution in [-0.4, -0.2) is 20.2 Å². The summed E-state index contributed by atoms with van der Waals surface area (Å²) in [6.45, 7) is 4.05. The topological polar surface area (TPSA) is 43.6 Å². The van der Waals surface area contributed by atoms with E-state index in [0.29, 0.717) is 0 Å². The molecule has 0 saturated heterocycles. The Hall–Kier alpha value is -1.42. The molecule has 1 aromatic carbocycles. The molecule has 14 heavy (non-hydrogen) atoms. The average molecular weight is 209 g/mol. The minimum Gasteiger partial charge on any atom is -0.183 e. The van der Waals surface area contributed by atoms with Gasteiger partial charge in [0, 0.05) is 0 Å². The van der Waals surface area contributed by atoms with Crippen molar-refractivity contribution in [2.45, 2.75) is 13.8 Å². The van der Waals surface area contributed by atoms with Gasteiger partial charge in [-0.1, -0.05) is 11.2 Å². The standard InChI is InChI=1S/C9H9ClN4/c1-6-3-7(2)5-8(4-6)14-9(10)11-12-13-14/h3-5H,1-2H3. The molecule has 0 saturated carbocycles. The van der Waals surface area contributed by atoms with E-state index in [1.807, 2.05) is 26.0 Å². The summed E-state index contributed by atoms with van der Waals surface area (Å²) in [4.78, 5) is 0. The number of nitrogens with zero attached hydrogens (tertiary/aromatic N) is 4. The Kier molecular flexibility index (Phi) is 2.21. The molecule has 2 aromatic rings. The number of hydrogen-bond donors (Lipinski definition) is 0. The highest BCUT2D eigenvalue weighted by Crippen LogP contribution is 2.15. The van der Waals surface area contributed by atoms with Crippen LogP contribution in [0.15, 0.2) is 18.2 Å². The van der Waals surface area contributed by atoms with E-state index in [1.165, 1.54) is 4.68 Å². The first-order valence-electron chi connectivity index (χ1n) is 4.19. The van der Waals surface area contributed by atoms with E-state index in [2.05, 4.69) is 21.6 Å². The molecular formula is C9H9ClN4. The second kappa shape index (κ2) is 3.38. The fraction of sp³-hybridized carbons (Fsp3) is 0.222. The molecule has 0 aliphatic rings. The van der Waals surface area contributed by atoms with Crippen LogP contribution in [0.1, 0.15) is 11.1 Å². The molecule has 0 atom stereocenters. The minimum atomic E-state index is 0.273. The molecule has 0 unspecified atom stereocenters. The molecule has 2 rings (SSSR count). The van der Waals surface area contributed by atoms with E-state index >= 15 is 0 Å². The third kappa shape index (κ3) is 1.61. The lowest BCUT2D eigenvalue weighted by molar-refractivity contribution is 0.788. The third-order valence-electron chi connectivity index (χ3n) is 1.88. The summed E-state index contributed by atoms with van der Waals surface area (Å²) in [5.41, 5.74) is 3.20. The molecule has 1 heterocycles. The lowest BCUT2D eigenvalue weighted by atomic mass is 10.1. The molecule has 72 valence electrons. The van der Waals surface area contributed by atoms with Gasteiger partial charge in [0.15, 0.2) is 0 Å². The molecule has 0 N–H and O–H groups in total. The van der Waals surface area contributed by atoms with Gasteiger partial charge in [-0.2, -0.15) is 4.68 Å². The predicted molar refractivity (Wildman–Crippen MR) is 53.6 cm³/mol. The van der Waals surface area contributed by atoms with Crippen molar-refractivity contribution >= 4 is 11.6 Å². The van der Waals surface area contributed by atoms with Gasteiger partial charge in [0.05, 0.1) is 5.69 Å². The first kappa shape index (κ1) is 9.15. The molecule has 0 fully saturated rings. The molecule has 5 heteroatoms. The van der Waals surface area contributed by atoms with Gasteiger partial charge in [0.25, 0.3) is 0 Å². The number of rotatable bonds is 1. The number of tetrazole rings is 1. The molecule has 0 aliphatic carbocycles. The molecule has 0 radical (unpaired) electrons. The summed E-state index contributed by atoms with van der Waals surface area (Å²) in [5, 5.41) is 11.2. The van der Waals surface area contributed by atoms with Crippen molar-refractivity contribution in [3.8, 4) is 5.69 Å². The van der Waals surface area contributed by atoms with Crippen LogP contribution in [0.25, 0.3) is 5.69 Å². The zero-order chi connectivity index (χ0) is 10.1. The van der Waals surface area contributed by atoms with Crippen LogP contribution < -0.4 is 0 Å². The monoisotopic (exact) mass is 208 g/mol. The van der Waals surface area contributed by atoms with Gasteiger partial charge in [-0.15, -0.1) is 0 Å². The number of benzene rings is 1. The Labute approximate surface area is 86.5 Å². The summed E-state index contributed by atoms with van der Waals surface area (Å²) in [7, 11) is 0. The molecule has 0 aliphatic heterocycles. The van der Waals surface area contributed by atoms with E-state index in [9.17, 15) is 0 Å². The Morgan fingerprint density at radius 2 is 1.79 bits per heavy atom. The fourth-order valence-corrected chi connectivity index (χ4v) is 1.57. The molecule has 0 spiro atoms. The van der Waals surface area contributed by atoms with Gasteiger partial charge in [-0.25, -0.2) is 0 Å². The molecule has 1 aromatic heterocycles. The molecular weight excluding hydrogens is 200 g/mol. The lowest BCUT2D eigenvalue weighted by Gasteiger charge is -2.03. The van der Waals surface area contributed by atoms with E-state index < -0.39 is 0 Å². The third-order valence-corrected chi connectivity index (χ3v) is 2.12. The highest BCUT2D eigenvalue weighted by molar-refractivity contribution is 6.28. The van der Waals surface area contributed by atoms with Gasteiger partial charge in [0.1, 0.15) is 0 Å². The van der Waals surface area contributed by atoms with Crippen molar-refractivity contribution < 1.29 is 0 Å². The first-order chi connectivity index (χ1) is 6.66. The summed E-state index contributed by atoms with van der Waals surface area (Å²) in [6.07, 6.45) is 0. The van der Waals surface area contributed by atoms with Gasteiger partial charge in [0.2, 0.25) is 5.28 Å². The van der Waals surface area contributed by atoms with Crippen LogP contribution in [-0.2, 0) is 0 Å². The number of halogens is 1. The second-order valence-corrected chi connectivity index (χ2v) is 3.54. The van der Waals surface area contributed by atoms with E-state index in [1.54, 1.807) is 0 Å². The predicted octanol–water partition coefficient (Wildman–Crippen LogP) is 1.93. The summed E-state index contributed by atoms with van der Waals surface area (Å²) in [5.74, 6) is 0. The average Bonchev–Trinajstić information content (AvgIpc) is 2.49. The fourth-order valence-electron chi connectivity index (χ4n) is 1.41. The summed E-state index contributed by atoms with van der Waals surface area (Å²) < 4.78 is 1.50. The van der Waals surface area contributed by atoms with Crippen LogP contribution in [0.3, 0.4) is 0 Å². The highest BCUT2D eigenvalue weighted by atomic mass is 35.5. The smallest absolute Gasteiger partial charge is 0.183 e. The van der Waals surface area contributed by atoms with E-state index in [0.717, 1.165) is 16.8 Å². The maximum atomic E-state index is 5.81. The maximum absolute atomic E-state index is 5.81. The van der Waals surface area contributed by atoms with Crippen LogP contribution in [0, 0.1) is 13.8 Å². The van der Waals surface area contributed by atoms with Gasteiger partial charge in [-0.05, 0) is 59.1 Å². The highest BCUT2D eigenvalue weighted by Gasteiger charge is 2.05. The summed E-state index contributed by atoms with van der Waals surface area (Å²) in [6, 6.07) is 6.05. The minimum absolute atomic E-state index is 0.273. The van der Waals surface area contributed by atoms with Crippen LogP contribution in [0.4, 0.5) is 0 Å².